The molecule has 1 amide bonds. The number of methoxy groups -OCH3 is 1. The van der Waals surface area contributed by atoms with Crippen LogP contribution in [0.1, 0.15) is 12.8 Å². The van der Waals surface area contributed by atoms with E-state index >= 15 is 0 Å². The quantitative estimate of drug-likeness (QED) is 0.515. The lowest BCUT2D eigenvalue weighted by Crippen LogP contribution is -2.43. The van der Waals surface area contributed by atoms with Crippen molar-refractivity contribution in [1.82, 2.24) is 9.29 Å². The maximum Gasteiger partial charge on any atom is 0.243 e. The van der Waals surface area contributed by atoms with E-state index in [0.29, 0.717) is 40.5 Å². The third kappa shape index (κ3) is 5.01. The van der Waals surface area contributed by atoms with Gasteiger partial charge in [0.2, 0.25) is 26.0 Å². The number of aromatic nitrogens is 1. The molecule has 33 heavy (non-hydrogen) atoms. The molecular weight excluding hydrogens is 488 g/mol. The predicted molar refractivity (Wildman–Crippen MR) is 124 cm³/mol. The standard InChI is InChI=1S/C20H22N4O6S3/c1-30-14-4-6-15(7-5-14)33(28,29)24-10-2-3-13(12-24)19(25)23-20-22-17-9-8-16(32(21,26)27)11-18(17)31-20/h4-9,11,13H,2-3,10,12H2,1H3,(H2,21,26,27)(H,22,23,25). The SMILES string of the molecule is COc1ccc(S(=O)(=O)N2CCCC(C(=O)Nc3nc4ccc(S(N)(=O)=O)cc4s3)C2)cc1. The summed E-state index contributed by atoms with van der Waals surface area (Å²) in [4.78, 5) is 17.3. The van der Waals surface area contributed by atoms with Crippen molar-refractivity contribution < 1.29 is 26.4 Å². The molecule has 1 saturated heterocycles. The highest BCUT2D eigenvalue weighted by atomic mass is 32.2. The summed E-state index contributed by atoms with van der Waals surface area (Å²) in [5.74, 6) is -0.328. The lowest BCUT2D eigenvalue weighted by atomic mass is 9.99. The summed E-state index contributed by atoms with van der Waals surface area (Å²) in [7, 11) is -6.10. The Hall–Kier alpha value is -2.58. The van der Waals surface area contributed by atoms with Crippen LogP contribution in [0.2, 0.25) is 0 Å². The predicted octanol–water partition coefficient (Wildman–Crippen LogP) is 1.99. The van der Waals surface area contributed by atoms with Crippen molar-refractivity contribution in [2.75, 3.05) is 25.5 Å². The van der Waals surface area contributed by atoms with Gasteiger partial charge in [0.15, 0.2) is 5.13 Å². The third-order valence-corrected chi connectivity index (χ3v) is 9.09. The van der Waals surface area contributed by atoms with Gasteiger partial charge >= 0.3 is 0 Å². The molecule has 176 valence electrons. The number of sulfonamides is 2. The first-order valence-electron chi connectivity index (χ1n) is 9.96. The number of anilines is 1. The molecule has 0 bridgehead atoms. The van der Waals surface area contributed by atoms with E-state index < -0.39 is 26.0 Å². The van der Waals surface area contributed by atoms with Gasteiger partial charge in [0.05, 0.1) is 33.0 Å². The van der Waals surface area contributed by atoms with Gasteiger partial charge in [-0.25, -0.2) is 27.0 Å². The monoisotopic (exact) mass is 510 g/mol. The molecule has 1 unspecified atom stereocenters. The first kappa shape index (κ1) is 23.6. The smallest absolute Gasteiger partial charge is 0.243 e. The summed E-state index contributed by atoms with van der Waals surface area (Å²) in [6, 6.07) is 10.4. The number of carbonyl (C=O) groups is 1. The van der Waals surface area contributed by atoms with Gasteiger partial charge in [-0.2, -0.15) is 4.31 Å². The van der Waals surface area contributed by atoms with Crippen molar-refractivity contribution in [2.24, 2.45) is 11.1 Å². The zero-order chi connectivity index (χ0) is 23.8. The largest absolute Gasteiger partial charge is 0.497 e. The first-order valence-corrected chi connectivity index (χ1v) is 13.8. The number of ether oxygens (including phenoxy) is 1. The van der Waals surface area contributed by atoms with E-state index in [4.69, 9.17) is 9.88 Å². The van der Waals surface area contributed by atoms with Crippen LogP contribution in [-0.4, -0.2) is 52.2 Å². The molecule has 1 aliphatic rings. The Kier molecular flexibility index (Phi) is 6.42. The summed E-state index contributed by atoms with van der Waals surface area (Å²) in [6.07, 6.45) is 1.09. The Balaban J connectivity index is 1.48. The molecule has 0 radical (unpaired) electrons. The van der Waals surface area contributed by atoms with Crippen LogP contribution in [0, 0.1) is 5.92 Å². The van der Waals surface area contributed by atoms with Gasteiger partial charge < -0.3 is 10.1 Å². The number of nitrogens with zero attached hydrogens (tertiary/aromatic N) is 2. The van der Waals surface area contributed by atoms with Crippen LogP contribution in [-0.2, 0) is 24.8 Å². The number of amides is 1. The van der Waals surface area contributed by atoms with Crippen LogP contribution < -0.4 is 15.2 Å². The number of carbonyl (C=O) groups excluding carboxylic acids is 1. The lowest BCUT2D eigenvalue weighted by Gasteiger charge is -2.31. The van der Waals surface area contributed by atoms with Crippen molar-refractivity contribution in [2.45, 2.75) is 22.6 Å². The third-order valence-electron chi connectivity index (χ3n) is 5.37. The van der Waals surface area contributed by atoms with Crippen LogP contribution in [0.5, 0.6) is 5.75 Å². The van der Waals surface area contributed by atoms with Gasteiger partial charge in [0.25, 0.3) is 0 Å². The minimum Gasteiger partial charge on any atom is -0.497 e. The second-order valence-electron chi connectivity index (χ2n) is 7.56. The van der Waals surface area contributed by atoms with Crippen molar-refractivity contribution in [3.63, 3.8) is 0 Å². The maximum absolute atomic E-state index is 13.0. The minimum atomic E-state index is -3.85. The van der Waals surface area contributed by atoms with Crippen molar-refractivity contribution in [3.8, 4) is 5.75 Å². The summed E-state index contributed by atoms with van der Waals surface area (Å²) >= 11 is 1.12. The maximum atomic E-state index is 13.0. The summed E-state index contributed by atoms with van der Waals surface area (Å²) in [6.45, 7) is 0.385. The molecule has 2 heterocycles. The van der Waals surface area contributed by atoms with E-state index in [1.807, 2.05) is 0 Å². The highest BCUT2D eigenvalue weighted by Crippen LogP contribution is 2.30. The van der Waals surface area contributed by atoms with Gasteiger partial charge in [-0.3, -0.25) is 4.79 Å². The van der Waals surface area contributed by atoms with Crippen molar-refractivity contribution in [1.29, 1.82) is 0 Å². The molecule has 1 fully saturated rings. The van der Waals surface area contributed by atoms with Gasteiger partial charge in [-0.05, 0) is 55.3 Å². The number of nitrogens with two attached hydrogens (primary N) is 1. The minimum absolute atomic E-state index is 0.0387. The number of primary sulfonamides is 1. The fraction of sp³-hybridized carbons (Fsp3) is 0.300. The number of hydrogen-bond acceptors (Lipinski definition) is 8. The Morgan fingerprint density at radius 3 is 2.52 bits per heavy atom. The first-order chi connectivity index (χ1) is 15.6. The van der Waals surface area contributed by atoms with Gasteiger partial charge in [0.1, 0.15) is 5.75 Å². The molecule has 1 atom stereocenters. The topological polar surface area (TPSA) is 149 Å². The number of hydrogen-bond donors (Lipinski definition) is 2. The van der Waals surface area contributed by atoms with E-state index in [1.165, 1.54) is 41.7 Å². The number of rotatable bonds is 6. The number of benzene rings is 2. The average Bonchev–Trinajstić information content (AvgIpc) is 3.20. The Morgan fingerprint density at radius 2 is 1.85 bits per heavy atom. The van der Waals surface area contributed by atoms with Crippen LogP contribution in [0.4, 0.5) is 5.13 Å². The number of nitrogens with one attached hydrogen (secondary N) is 1. The molecule has 13 heteroatoms. The van der Waals surface area contributed by atoms with E-state index in [-0.39, 0.29) is 22.2 Å². The average molecular weight is 511 g/mol. The Morgan fingerprint density at radius 1 is 1.15 bits per heavy atom. The van der Waals surface area contributed by atoms with Crippen molar-refractivity contribution >= 4 is 52.6 Å². The lowest BCUT2D eigenvalue weighted by molar-refractivity contribution is -0.120. The highest BCUT2D eigenvalue weighted by Gasteiger charge is 2.33. The van der Waals surface area contributed by atoms with Gasteiger partial charge in [0, 0.05) is 13.1 Å². The Bertz CT molecular complexity index is 1400. The van der Waals surface area contributed by atoms with E-state index in [0.717, 1.165) is 11.3 Å². The highest BCUT2D eigenvalue weighted by molar-refractivity contribution is 7.89. The fourth-order valence-corrected chi connectivity index (χ4v) is 6.66. The molecule has 0 spiro atoms. The summed E-state index contributed by atoms with van der Waals surface area (Å²) in [5.41, 5.74) is 0.523. The molecule has 10 nitrogen and oxygen atoms in total. The molecular formula is C20H22N4O6S3. The number of thiazole rings is 1. The molecule has 3 N–H and O–H groups in total. The van der Waals surface area contributed by atoms with Gasteiger partial charge in [-0.1, -0.05) is 11.3 Å². The summed E-state index contributed by atoms with van der Waals surface area (Å²) in [5, 5.41) is 8.20. The second kappa shape index (κ2) is 8.99. The normalized spacial score (nSPS) is 17.7. The summed E-state index contributed by atoms with van der Waals surface area (Å²) < 4.78 is 56.1. The Labute approximate surface area is 195 Å². The zero-order valence-corrected chi connectivity index (χ0v) is 20.0. The van der Waals surface area contributed by atoms with Crippen molar-refractivity contribution in [3.05, 3.63) is 42.5 Å². The zero-order valence-electron chi connectivity index (χ0n) is 17.6. The molecule has 2 aromatic carbocycles. The number of fused-ring (bicyclic) bond motifs is 1. The molecule has 0 aliphatic carbocycles. The van der Waals surface area contributed by atoms with E-state index in [2.05, 4.69) is 10.3 Å². The second-order valence-corrected chi connectivity index (χ2v) is 12.1. The van der Waals surface area contributed by atoms with Crippen LogP contribution >= 0.6 is 11.3 Å². The molecule has 1 aliphatic heterocycles. The number of piperidine rings is 1. The molecule has 0 saturated carbocycles. The molecule has 1 aromatic heterocycles. The molecule has 3 aromatic rings. The fourth-order valence-electron chi connectivity index (χ4n) is 3.61. The van der Waals surface area contributed by atoms with E-state index in [1.54, 1.807) is 12.1 Å². The molecule has 4 rings (SSSR count). The van der Waals surface area contributed by atoms with Crippen LogP contribution in [0.15, 0.2) is 52.3 Å². The van der Waals surface area contributed by atoms with E-state index in [9.17, 15) is 21.6 Å². The van der Waals surface area contributed by atoms with Gasteiger partial charge in [-0.15, -0.1) is 0 Å². The van der Waals surface area contributed by atoms with Crippen LogP contribution in [0.3, 0.4) is 0 Å². The van der Waals surface area contributed by atoms with Crippen LogP contribution in [0.25, 0.3) is 10.2 Å².